The SMILES string of the molecule is Cc1cc(S[C@H]2CCN(C(=O)C3(C)CCCCC3)C2)ccc1F. The number of carbonyl (C=O) groups excluding carboxylic acids is 1. The molecule has 2 aliphatic rings. The van der Waals surface area contributed by atoms with Crippen molar-refractivity contribution in [1.82, 2.24) is 4.90 Å². The molecule has 1 saturated carbocycles. The van der Waals surface area contributed by atoms with Crippen LogP contribution in [0.3, 0.4) is 0 Å². The number of halogens is 1. The van der Waals surface area contributed by atoms with Gasteiger partial charge >= 0.3 is 0 Å². The number of benzene rings is 1. The fraction of sp³-hybridized carbons (Fsp3) is 0.632. The highest BCUT2D eigenvalue weighted by molar-refractivity contribution is 8.00. The molecule has 2 nitrogen and oxygen atoms in total. The minimum atomic E-state index is -0.150. The van der Waals surface area contributed by atoms with E-state index in [0.29, 0.717) is 16.7 Å². The van der Waals surface area contributed by atoms with E-state index in [1.165, 1.54) is 19.3 Å². The zero-order valence-corrected chi connectivity index (χ0v) is 14.9. The maximum absolute atomic E-state index is 13.4. The van der Waals surface area contributed by atoms with Gasteiger partial charge in [0.15, 0.2) is 0 Å². The molecule has 0 aromatic heterocycles. The Morgan fingerprint density at radius 1 is 1.30 bits per heavy atom. The van der Waals surface area contributed by atoms with Gasteiger partial charge in [0.05, 0.1) is 0 Å². The quantitative estimate of drug-likeness (QED) is 0.791. The Labute approximate surface area is 142 Å². The first-order chi connectivity index (χ1) is 11.0. The second-order valence-electron chi connectivity index (χ2n) is 7.31. The maximum atomic E-state index is 13.4. The van der Waals surface area contributed by atoms with Gasteiger partial charge in [-0.05, 0) is 49.9 Å². The van der Waals surface area contributed by atoms with Gasteiger partial charge in [-0.1, -0.05) is 26.2 Å². The van der Waals surface area contributed by atoms with Gasteiger partial charge in [-0.25, -0.2) is 4.39 Å². The van der Waals surface area contributed by atoms with Crippen molar-refractivity contribution in [2.45, 2.75) is 62.5 Å². The van der Waals surface area contributed by atoms with Gasteiger partial charge in [-0.2, -0.15) is 0 Å². The molecule has 0 N–H and O–H groups in total. The van der Waals surface area contributed by atoms with Crippen LogP contribution in [0.1, 0.15) is 51.0 Å². The number of thioether (sulfide) groups is 1. The third-order valence-electron chi connectivity index (χ3n) is 5.34. The standard InChI is InChI=1S/C19H26FNOS/c1-14-12-15(6-7-17(14)20)23-16-8-11-21(13-16)18(22)19(2)9-4-3-5-10-19/h6-7,12,16H,3-5,8-11,13H2,1-2H3/t16-/m0/s1. The van der Waals surface area contributed by atoms with Crippen LogP contribution < -0.4 is 0 Å². The van der Waals surface area contributed by atoms with Crippen molar-refractivity contribution >= 4 is 17.7 Å². The van der Waals surface area contributed by atoms with Crippen molar-refractivity contribution in [2.75, 3.05) is 13.1 Å². The summed E-state index contributed by atoms with van der Waals surface area (Å²) in [6.45, 7) is 5.65. The van der Waals surface area contributed by atoms with E-state index in [0.717, 1.165) is 37.2 Å². The summed E-state index contributed by atoms with van der Waals surface area (Å²) in [4.78, 5) is 16.1. The summed E-state index contributed by atoms with van der Waals surface area (Å²) in [5.41, 5.74) is 0.556. The molecule has 2 fully saturated rings. The highest BCUT2D eigenvalue weighted by Crippen LogP contribution is 2.39. The Hall–Kier alpha value is -1.03. The molecule has 1 amide bonds. The van der Waals surface area contributed by atoms with Crippen molar-refractivity contribution in [2.24, 2.45) is 5.41 Å². The minimum absolute atomic E-state index is 0.135. The molecule has 1 aliphatic heterocycles. The highest BCUT2D eigenvalue weighted by Gasteiger charge is 2.40. The third kappa shape index (κ3) is 3.73. The Morgan fingerprint density at radius 2 is 2.04 bits per heavy atom. The molecule has 1 aromatic carbocycles. The average Bonchev–Trinajstić information content (AvgIpc) is 2.99. The molecule has 0 spiro atoms. The molecule has 1 atom stereocenters. The number of hydrogen-bond acceptors (Lipinski definition) is 2. The van der Waals surface area contributed by atoms with Crippen molar-refractivity contribution in [1.29, 1.82) is 0 Å². The Kier molecular flexibility index (Phi) is 5.00. The molecule has 0 radical (unpaired) electrons. The molecule has 3 rings (SSSR count). The number of aryl methyl sites for hydroxylation is 1. The van der Waals surface area contributed by atoms with Gasteiger partial charge in [-0.15, -0.1) is 11.8 Å². The molecule has 1 saturated heterocycles. The fourth-order valence-corrected chi connectivity index (χ4v) is 5.07. The number of rotatable bonds is 3. The lowest BCUT2D eigenvalue weighted by atomic mass is 9.75. The molecule has 1 heterocycles. The van der Waals surface area contributed by atoms with Crippen molar-refractivity contribution in [3.05, 3.63) is 29.6 Å². The van der Waals surface area contributed by atoms with E-state index < -0.39 is 0 Å². The Bertz CT molecular complexity index is 583. The van der Waals surface area contributed by atoms with E-state index in [2.05, 4.69) is 11.8 Å². The molecule has 0 unspecified atom stereocenters. The number of amides is 1. The lowest BCUT2D eigenvalue weighted by molar-refractivity contribution is -0.141. The maximum Gasteiger partial charge on any atom is 0.228 e. The van der Waals surface area contributed by atoms with Gasteiger partial charge in [0, 0.05) is 28.6 Å². The van der Waals surface area contributed by atoms with Gasteiger partial charge in [0.25, 0.3) is 0 Å². The topological polar surface area (TPSA) is 20.3 Å². The van der Waals surface area contributed by atoms with Crippen LogP contribution in [-0.4, -0.2) is 29.1 Å². The van der Waals surface area contributed by atoms with Crippen molar-refractivity contribution in [3.8, 4) is 0 Å². The van der Waals surface area contributed by atoms with Crippen LogP contribution >= 0.6 is 11.8 Å². The Balaban J connectivity index is 1.59. The summed E-state index contributed by atoms with van der Waals surface area (Å²) in [5, 5.41) is 0.427. The first kappa shape index (κ1) is 16.8. The van der Waals surface area contributed by atoms with Crippen LogP contribution in [0.4, 0.5) is 4.39 Å². The van der Waals surface area contributed by atoms with Crippen LogP contribution in [0, 0.1) is 18.2 Å². The molecule has 23 heavy (non-hydrogen) atoms. The third-order valence-corrected chi connectivity index (χ3v) is 6.58. The lowest BCUT2D eigenvalue weighted by Crippen LogP contribution is -2.42. The molecule has 0 bridgehead atoms. The first-order valence-corrected chi connectivity index (χ1v) is 9.58. The van der Waals surface area contributed by atoms with E-state index in [9.17, 15) is 9.18 Å². The second-order valence-corrected chi connectivity index (χ2v) is 8.69. The van der Waals surface area contributed by atoms with Crippen LogP contribution in [0.25, 0.3) is 0 Å². The summed E-state index contributed by atoms with van der Waals surface area (Å²) >= 11 is 1.78. The van der Waals surface area contributed by atoms with Crippen LogP contribution in [-0.2, 0) is 4.79 Å². The summed E-state index contributed by atoms with van der Waals surface area (Å²) in [6.07, 6.45) is 6.75. The molecule has 4 heteroatoms. The zero-order chi connectivity index (χ0) is 16.4. The van der Waals surface area contributed by atoms with E-state index in [-0.39, 0.29) is 11.2 Å². The van der Waals surface area contributed by atoms with Gasteiger partial charge < -0.3 is 4.90 Å². The number of hydrogen-bond donors (Lipinski definition) is 0. The second kappa shape index (κ2) is 6.84. The zero-order valence-electron chi connectivity index (χ0n) is 14.1. The summed E-state index contributed by atoms with van der Waals surface area (Å²) in [7, 11) is 0. The van der Waals surface area contributed by atoms with Crippen molar-refractivity contribution < 1.29 is 9.18 Å². The number of nitrogens with zero attached hydrogens (tertiary/aromatic N) is 1. The van der Waals surface area contributed by atoms with E-state index in [4.69, 9.17) is 0 Å². The van der Waals surface area contributed by atoms with Gasteiger partial charge in [0.1, 0.15) is 5.82 Å². The smallest absolute Gasteiger partial charge is 0.228 e. The fourth-order valence-electron chi connectivity index (χ4n) is 3.82. The van der Waals surface area contributed by atoms with E-state index in [1.807, 2.05) is 12.1 Å². The molecule has 126 valence electrons. The lowest BCUT2D eigenvalue weighted by Gasteiger charge is -2.35. The first-order valence-electron chi connectivity index (χ1n) is 8.70. The van der Waals surface area contributed by atoms with Crippen LogP contribution in [0.2, 0.25) is 0 Å². The normalized spacial score (nSPS) is 24.0. The number of carbonyl (C=O) groups is 1. The average molecular weight is 335 g/mol. The molecule has 1 aromatic rings. The largest absolute Gasteiger partial charge is 0.341 e. The van der Waals surface area contributed by atoms with Gasteiger partial charge in [-0.3, -0.25) is 4.79 Å². The Morgan fingerprint density at radius 3 is 2.74 bits per heavy atom. The summed E-state index contributed by atoms with van der Waals surface area (Å²) in [5.74, 6) is 0.207. The van der Waals surface area contributed by atoms with Crippen LogP contribution in [0.5, 0.6) is 0 Å². The van der Waals surface area contributed by atoms with Crippen LogP contribution in [0.15, 0.2) is 23.1 Å². The molecular formula is C19H26FNOS. The minimum Gasteiger partial charge on any atom is -0.341 e. The van der Waals surface area contributed by atoms with Gasteiger partial charge in [0.2, 0.25) is 5.91 Å². The monoisotopic (exact) mass is 335 g/mol. The predicted octanol–water partition coefficient (Wildman–Crippen LogP) is 4.80. The summed E-state index contributed by atoms with van der Waals surface area (Å²) in [6, 6.07) is 5.30. The molecular weight excluding hydrogens is 309 g/mol. The summed E-state index contributed by atoms with van der Waals surface area (Å²) < 4.78 is 13.4. The van der Waals surface area contributed by atoms with E-state index in [1.54, 1.807) is 24.8 Å². The predicted molar refractivity (Wildman–Crippen MR) is 93.2 cm³/mol. The van der Waals surface area contributed by atoms with E-state index >= 15 is 0 Å². The highest BCUT2D eigenvalue weighted by atomic mass is 32.2. The van der Waals surface area contributed by atoms with Crippen molar-refractivity contribution in [3.63, 3.8) is 0 Å². The molecule has 1 aliphatic carbocycles. The number of likely N-dealkylation sites (tertiary alicyclic amines) is 1.